The predicted molar refractivity (Wildman–Crippen MR) is 45.7 cm³/mol. The van der Waals surface area contributed by atoms with Gasteiger partial charge in [-0.05, 0) is 12.8 Å². The average Bonchev–Trinajstić information content (AvgIpc) is 2.04. The molecule has 0 saturated heterocycles. The summed E-state index contributed by atoms with van der Waals surface area (Å²) >= 11 is 0. The Labute approximate surface area is 78.0 Å². The lowest BCUT2D eigenvalue weighted by Gasteiger charge is -2.48. The van der Waals surface area contributed by atoms with E-state index < -0.39 is 12.8 Å². The van der Waals surface area contributed by atoms with E-state index in [2.05, 4.69) is 6.58 Å². The zero-order chi connectivity index (χ0) is 10.7. The highest BCUT2D eigenvalue weighted by molar-refractivity contribution is 7.51. The molecular formula is C8H12NO3P-2. The van der Waals surface area contributed by atoms with Crippen molar-refractivity contribution in [2.75, 3.05) is 0 Å². The second kappa shape index (κ2) is 4.06. The van der Waals surface area contributed by atoms with Crippen LogP contribution in [0, 0.1) is 11.3 Å². The third-order valence-corrected chi connectivity index (χ3v) is 4.34. The van der Waals surface area contributed by atoms with Gasteiger partial charge in [0, 0.05) is 10.7 Å². The molecule has 0 amide bonds. The maximum atomic E-state index is 11.0. The van der Waals surface area contributed by atoms with Gasteiger partial charge in [-0.1, -0.05) is 28.0 Å². The maximum absolute atomic E-state index is 11.0. The molecule has 0 heterocycles. The van der Waals surface area contributed by atoms with E-state index in [9.17, 15) is 14.4 Å². The van der Waals surface area contributed by atoms with E-state index in [-0.39, 0.29) is 18.4 Å². The fourth-order valence-corrected chi connectivity index (χ4v) is 2.49. The Balaban J connectivity index is 5.32. The molecule has 0 spiro atoms. The molecule has 0 fully saturated rings. The summed E-state index contributed by atoms with van der Waals surface area (Å²) in [6.07, 6.45) is 0.195. The van der Waals surface area contributed by atoms with Crippen LogP contribution in [0.4, 0.5) is 0 Å². The lowest BCUT2D eigenvalue weighted by molar-refractivity contribution is -0.319. The van der Waals surface area contributed by atoms with Gasteiger partial charge < -0.3 is 14.4 Å². The van der Waals surface area contributed by atoms with Crippen LogP contribution in [-0.2, 0) is 4.57 Å². The molecule has 5 heteroatoms. The van der Waals surface area contributed by atoms with Crippen molar-refractivity contribution in [3.8, 4) is 6.07 Å². The van der Waals surface area contributed by atoms with Gasteiger partial charge >= 0.3 is 0 Å². The fourth-order valence-electron chi connectivity index (χ4n) is 1.33. The molecule has 0 bridgehead atoms. The summed E-state index contributed by atoms with van der Waals surface area (Å²) < 4.78 is 11.0. The SMILES string of the molecule is C=C(C#N)C(CC)(CC)P(=O)([O-])[O-]. The molecule has 0 aliphatic carbocycles. The van der Waals surface area contributed by atoms with Gasteiger partial charge in [-0.2, -0.15) is 5.26 Å². The van der Waals surface area contributed by atoms with Gasteiger partial charge in [0.25, 0.3) is 0 Å². The standard InChI is InChI=1S/C8H14NO3P/c1-4-8(5-2,7(3)6-9)13(10,11)12/h3-5H2,1-2H3,(H2,10,11,12)/p-2. The molecule has 0 N–H and O–H groups in total. The molecule has 0 aliphatic rings. The molecule has 0 aliphatic heterocycles. The van der Waals surface area contributed by atoms with Crippen LogP contribution in [0.3, 0.4) is 0 Å². The number of hydrogen-bond donors (Lipinski definition) is 0. The number of allylic oxidation sites excluding steroid dienone is 1. The first-order chi connectivity index (χ1) is 5.85. The minimum atomic E-state index is -4.80. The van der Waals surface area contributed by atoms with Gasteiger partial charge in [0.2, 0.25) is 0 Å². The van der Waals surface area contributed by atoms with Crippen molar-refractivity contribution in [2.24, 2.45) is 0 Å². The Kier molecular flexibility index (Phi) is 3.87. The molecule has 0 rings (SSSR count). The second-order valence-corrected chi connectivity index (χ2v) is 4.68. The molecular weight excluding hydrogens is 189 g/mol. The summed E-state index contributed by atoms with van der Waals surface area (Å²) in [5.41, 5.74) is -0.161. The molecule has 0 saturated carbocycles. The van der Waals surface area contributed by atoms with Crippen molar-refractivity contribution in [3.63, 3.8) is 0 Å². The Morgan fingerprint density at radius 2 is 1.92 bits per heavy atom. The molecule has 0 aromatic carbocycles. The topological polar surface area (TPSA) is 87.0 Å². The summed E-state index contributed by atoms with van der Waals surface area (Å²) in [7, 11) is -4.80. The monoisotopic (exact) mass is 201 g/mol. The molecule has 0 unspecified atom stereocenters. The minimum Gasteiger partial charge on any atom is -0.810 e. The number of nitrogens with zero attached hydrogens (tertiary/aromatic N) is 1. The van der Waals surface area contributed by atoms with Gasteiger partial charge in [0.1, 0.15) is 0 Å². The molecule has 74 valence electrons. The number of nitriles is 1. The first-order valence-corrected chi connectivity index (χ1v) is 5.51. The zero-order valence-corrected chi connectivity index (χ0v) is 8.63. The highest BCUT2D eigenvalue weighted by Gasteiger charge is 2.33. The Morgan fingerprint density at radius 1 is 1.54 bits per heavy atom. The first kappa shape index (κ1) is 12.4. The van der Waals surface area contributed by atoms with E-state index in [1.165, 1.54) is 0 Å². The van der Waals surface area contributed by atoms with Crippen molar-refractivity contribution in [1.29, 1.82) is 5.26 Å². The molecule has 13 heavy (non-hydrogen) atoms. The summed E-state index contributed by atoms with van der Waals surface area (Å²) in [5, 5.41) is 6.97. The summed E-state index contributed by atoms with van der Waals surface area (Å²) in [4.78, 5) is 22.0. The first-order valence-electron chi connectivity index (χ1n) is 3.97. The second-order valence-electron chi connectivity index (χ2n) is 2.83. The van der Waals surface area contributed by atoms with Gasteiger partial charge in [0.05, 0.1) is 6.07 Å². The van der Waals surface area contributed by atoms with Gasteiger partial charge in [-0.3, -0.25) is 0 Å². The van der Waals surface area contributed by atoms with Crippen LogP contribution in [0.25, 0.3) is 0 Å². The van der Waals surface area contributed by atoms with Crippen molar-refractivity contribution >= 4 is 7.60 Å². The molecule has 0 aromatic rings. The van der Waals surface area contributed by atoms with Crippen LogP contribution in [0.15, 0.2) is 12.2 Å². The minimum absolute atomic E-state index is 0.0974. The largest absolute Gasteiger partial charge is 0.810 e. The third kappa shape index (κ3) is 2.00. The van der Waals surface area contributed by atoms with E-state index in [4.69, 9.17) is 5.26 Å². The maximum Gasteiger partial charge on any atom is 0.0950 e. The van der Waals surface area contributed by atoms with Crippen LogP contribution in [0.5, 0.6) is 0 Å². The van der Waals surface area contributed by atoms with Crippen LogP contribution in [0.2, 0.25) is 0 Å². The Hall–Kier alpha value is -0.620. The van der Waals surface area contributed by atoms with Crippen LogP contribution >= 0.6 is 7.60 Å². The van der Waals surface area contributed by atoms with Crippen molar-refractivity contribution in [1.82, 2.24) is 0 Å². The van der Waals surface area contributed by atoms with E-state index in [1.807, 2.05) is 0 Å². The van der Waals surface area contributed by atoms with Crippen molar-refractivity contribution in [3.05, 3.63) is 12.2 Å². The summed E-state index contributed by atoms with van der Waals surface area (Å²) in [5.74, 6) is 0. The quantitative estimate of drug-likeness (QED) is 0.490. The Morgan fingerprint density at radius 3 is 2.00 bits per heavy atom. The van der Waals surface area contributed by atoms with E-state index in [1.54, 1.807) is 19.9 Å². The molecule has 4 nitrogen and oxygen atoms in total. The van der Waals surface area contributed by atoms with E-state index in [0.717, 1.165) is 0 Å². The fraction of sp³-hybridized carbons (Fsp3) is 0.625. The lowest BCUT2D eigenvalue weighted by Crippen LogP contribution is -2.39. The summed E-state index contributed by atoms with van der Waals surface area (Å²) in [6.45, 7) is 6.45. The van der Waals surface area contributed by atoms with E-state index >= 15 is 0 Å². The zero-order valence-electron chi connectivity index (χ0n) is 7.74. The average molecular weight is 201 g/mol. The normalized spacial score (nSPS) is 12.2. The van der Waals surface area contributed by atoms with Crippen LogP contribution in [0.1, 0.15) is 26.7 Å². The molecule has 0 atom stereocenters. The van der Waals surface area contributed by atoms with E-state index in [0.29, 0.717) is 0 Å². The van der Waals surface area contributed by atoms with Crippen LogP contribution < -0.4 is 9.79 Å². The van der Waals surface area contributed by atoms with Gasteiger partial charge in [0.15, 0.2) is 0 Å². The molecule has 0 radical (unpaired) electrons. The van der Waals surface area contributed by atoms with Gasteiger partial charge in [-0.15, -0.1) is 0 Å². The smallest absolute Gasteiger partial charge is 0.0950 e. The summed E-state index contributed by atoms with van der Waals surface area (Å²) in [6, 6.07) is 1.65. The van der Waals surface area contributed by atoms with Gasteiger partial charge in [-0.25, -0.2) is 0 Å². The molecule has 0 aromatic heterocycles. The predicted octanol–water partition coefficient (Wildman–Crippen LogP) is 0.539. The lowest BCUT2D eigenvalue weighted by atomic mass is 9.94. The highest BCUT2D eigenvalue weighted by atomic mass is 31.2. The van der Waals surface area contributed by atoms with Crippen LogP contribution in [-0.4, -0.2) is 5.16 Å². The Bertz CT molecular complexity index is 282. The van der Waals surface area contributed by atoms with Crippen molar-refractivity contribution < 1.29 is 14.4 Å². The third-order valence-electron chi connectivity index (χ3n) is 2.39. The number of rotatable bonds is 4. The number of hydrogen-bond acceptors (Lipinski definition) is 4. The highest BCUT2D eigenvalue weighted by Crippen LogP contribution is 2.51. The van der Waals surface area contributed by atoms with Crippen molar-refractivity contribution in [2.45, 2.75) is 31.8 Å².